The first-order chi connectivity index (χ1) is 14.7. The second-order valence-electron chi connectivity index (χ2n) is 6.73. The summed E-state index contributed by atoms with van der Waals surface area (Å²) in [6.07, 6.45) is 1.24. The molecule has 0 saturated carbocycles. The van der Waals surface area contributed by atoms with Gasteiger partial charge in [0.15, 0.2) is 0 Å². The van der Waals surface area contributed by atoms with Crippen LogP contribution in [-0.2, 0) is 9.53 Å². The third-order valence-electron chi connectivity index (χ3n) is 4.84. The standard InChI is InChI=1S/C21H22N4O3S2/c1-2-28-21(27)25-10-8-24(9-11-25)18(26)13-29-19-16-12-17(15-6-4-3-5-7-15)30-20(16)23-14-22-19/h3-7,12,14H,2,8-11,13H2,1H3. The van der Waals surface area contributed by atoms with Gasteiger partial charge >= 0.3 is 6.09 Å². The van der Waals surface area contributed by atoms with Crippen molar-refractivity contribution in [2.24, 2.45) is 0 Å². The van der Waals surface area contributed by atoms with E-state index < -0.39 is 0 Å². The number of rotatable bonds is 5. The minimum absolute atomic E-state index is 0.0498. The van der Waals surface area contributed by atoms with E-state index in [2.05, 4.69) is 28.2 Å². The lowest BCUT2D eigenvalue weighted by molar-refractivity contribution is -0.129. The van der Waals surface area contributed by atoms with E-state index in [1.165, 1.54) is 11.8 Å². The van der Waals surface area contributed by atoms with Crippen molar-refractivity contribution in [1.82, 2.24) is 19.8 Å². The van der Waals surface area contributed by atoms with Crippen molar-refractivity contribution in [3.8, 4) is 10.4 Å². The van der Waals surface area contributed by atoms with Crippen LogP contribution in [0, 0.1) is 0 Å². The minimum atomic E-state index is -0.311. The van der Waals surface area contributed by atoms with Crippen molar-refractivity contribution in [3.05, 3.63) is 42.7 Å². The van der Waals surface area contributed by atoms with Crippen molar-refractivity contribution >= 4 is 45.3 Å². The molecule has 0 atom stereocenters. The van der Waals surface area contributed by atoms with Crippen LogP contribution in [0.2, 0.25) is 0 Å². The summed E-state index contributed by atoms with van der Waals surface area (Å²) in [6, 6.07) is 12.3. The fraction of sp³-hybridized carbons (Fsp3) is 0.333. The van der Waals surface area contributed by atoms with Crippen LogP contribution >= 0.6 is 23.1 Å². The van der Waals surface area contributed by atoms with Gasteiger partial charge in [-0.05, 0) is 18.6 Å². The first-order valence-corrected chi connectivity index (χ1v) is 11.6. The topological polar surface area (TPSA) is 75.6 Å². The highest BCUT2D eigenvalue weighted by molar-refractivity contribution is 8.00. The highest BCUT2D eigenvalue weighted by atomic mass is 32.2. The maximum absolute atomic E-state index is 12.7. The van der Waals surface area contributed by atoms with E-state index in [0.29, 0.717) is 38.5 Å². The van der Waals surface area contributed by atoms with E-state index in [0.717, 1.165) is 25.7 Å². The maximum Gasteiger partial charge on any atom is 0.409 e. The molecular weight excluding hydrogens is 420 g/mol. The zero-order valence-corrected chi connectivity index (χ0v) is 18.2. The van der Waals surface area contributed by atoms with Crippen LogP contribution in [0.15, 0.2) is 47.8 Å². The zero-order chi connectivity index (χ0) is 20.9. The summed E-state index contributed by atoms with van der Waals surface area (Å²) in [5, 5.41) is 1.79. The number of ether oxygens (including phenoxy) is 1. The molecule has 0 spiro atoms. The molecule has 3 heterocycles. The van der Waals surface area contributed by atoms with Gasteiger partial charge in [0.25, 0.3) is 0 Å². The molecule has 0 N–H and O–H groups in total. The number of thiophene rings is 1. The van der Waals surface area contributed by atoms with E-state index in [-0.39, 0.29) is 12.0 Å². The fourth-order valence-electron chi connectivity index (χ4n) is 3.27. The number of nitrogens with zero attached hydrogens (tertiary/aromatic N) is 4. The van der Waals surface area contributed by atoms with Gasteiger partial charge in [0.1, 0.15) is 16.2 Å². The van der Waals surface area contributed by atoms with Gasteiger partial charge in [0.05, 0.1) is 12.4 Å². The molecule has 1 aromatic carbocycles. The molecule has 1 saturated heterocycles. The molecule has 0 unspecified atom stereocenters. The van der Waals surface area contributed by atoms with Gasteiger partial charge in [0, 0.05) is 36.4 Å². The van der Waals surface area contributed by atoms with Gasteiger partial charge in [0.2, 0.25) is 5.91 Å². The van der Waals surface area contributed by atoms with Crippen LogP contribution < -0.4 is 0 Å². The second kappa shape index (κ2) is 9.44. The number of fused-ring (bicyclic) bond motifs is 1. The van der Waals surface area contributed by atoms with Gasteiger partial charge in [-0.25, -0.2) is 14.8 Å². The van der Waals surface area contributed by atoms with E-state index in [9.17, 15) is 9.59 Å². The highest BCUT2D eigenvalue weighted by Crippen LogP contribution is 2.36. The van der Waals surface area contributed by atoms with Gasteiger partial charge < -0.3 is 14.5 Å². The third-order valence-corrected chi connectivity index (χ3v) is 6.92. The van der Waals surface area contributed by atoms with Gasteiger partial charge in [-0.15, -0.1) is 11.3 Å². The summed E-state index contributed by atoms with van der Waals surface area (Å²) < 4.78 is 5.02. The molecule has 2 amide bonds. The summed E-state index contributed by atoms with van der Waals surface area (Å²) >= 11 is 3.06. The molecule has 0 radical (unpaired) electrons. The lowest BCUT2D eigenvalue weighted by Gasteiger charge is -2.34. The highest BCUT2D eigenvalue weighted by Gasteiger charge is 2.25. The number of carbonyl (C=O) groups excluding carboxylic acids is 2. The van der Waals surface area contributed by atoms with E-state index >= 15 is 0 Å². The third kappa shape index (κ3) is 4.57. The first-order valence-electron chi connectivity index (χ1n) is 9.78. The number of amides is 2. The number of carbonyl (C=O) groups is 2. The number of aromatic nitrogens is 2. The Morgan fingerprint density at radius 3 is 2.57 bits per heavy atom. The van der Waals surface area contributed by atoms with E-state index in [4.69, 9.17) is 4.74 Å². The number of thioether (sulfide) groups is 1. The summed E-state index contributed by atoms with van der Waals surface area (Å²) in [4.78, 5) is 38.8. The average molecular weight is 443 g/mol. The second-order valence-corrected chi connectivity index (χ2v) is 8.72. The molecule has 4 rings (SSSR count). The zero-order valence-electron chi connectivity index (χ0n) is 16.6. The maximum atomic E-state index is 12.7. The Kier molecular flexibility index (Phi) is 6.49. The van der Waals surface area contributed by atoms with Crippen molar-refractivity contribution in [1.29, 1.82) is 0 Å². The van der Waals surface area contributed by atoms with Gasteiger partial charge in [-0.2, -0.15) is 0 Å². The molecule has 2 aromatic heterocycles. The Labute approximate surface area is 183 Å². The molecule has 9 heteroatoms. The summed E-state index contributed by atoms with van der Waals surface area (Å²) in [5.74, 6) is 0.357. The average Bonchev–Trinajstić information content (AvgIpc) is 3.23. The number of hydrogen-bond donors (Lipinski definition) is 0. The summed E-state index contributed by atoms with van der Waals surface area (Å²) in [7, 11) is 0. The van der Waals surface area contributed by atoms with Crippen LogP contribution in [0.1, 0.15) is 6.92 Å². The van der Waals surface area contributed by atoms with Crippen molar-refractivity contribution in [2.45, 2.75) is 11.9 Å². The molecule has 7 nitrogen and oxygen atoms in total. The SMILES string of the molecule is CCOC(=O)N1CCN(C(=O)CSc2ncnc3sc(-c4ccccc4)cc23)CC1. The monoisotopic (exact) mass is 442 g/mol. The largest absolute Gasteiger partial charge is 0.450 e. The van der Waals surface area contributed by atoms with Gasteiger partial charge in [-0.1, -0.05) is 42.1 Å². The fourth-order valence-corrected chi connectivity index (χ4v) is 5.21. The Hall–Kier alpha value is -2.65. The molecule has 0 aliphatic carbocycles. The van der Waals surface area contributed by atoms with Gasteiger partial charge in [-0.3, -0.25) is 4.79 Å². The number of piperazine rings is 1. The molecule has 3 aromatic rings. The molecule has 1 aliphatic rings. The molecule has 30 heavy (non-hydrogen) atoms. The summed E-state index contributed by atoms with van der Waals surface area (Å²) in [5.41, 5.74) is 1.15. The minimum Gasteiger partial charge on any atom is -0.450 e. The Bertz CT molecular complexity index is 1030. The predicted molar refractivity (Wildman–Crippen MR) is 119 cm³/mol. The van der Waals surface area contributed by atoms with Crippen molar-refractivity contribution < 1.29 is 14.3 Å². The smallest absolute Gasteiger partial charge is 0.409 e. The van der Waals surface area contributed by atoms with Crippen LogP contribution in [0.3, 0.4) is 0 Å². The summed E-state index contributed by atoms with van der Waals surface area (Å²) in [6.45, 7) is 4.18. The first kappa shape index (κ1) is 20.6. The van der Waals surface area contributed by atoms with Crippen molar-refractivity contribution in [3.63, 3.8) is 0 Å². The van der Waals surface area contributed by atoms with Crippen LogP contribution in [0.5, 0.6) is 0 Å². The molecule has 1 fully saturated rings. The van der Waals surface area contributed by atoms with E-state index in [1.54, 1.807) is 34.4 Å². The predicted octanol–water partition coefficient (Wildman–Crippen LogP) is 3.75. The molecular formula is C21H22N4O3S2. The van der Waals surface area contributed by atoms with Crippen LogP contribution in [0.4, 0.5) is 4.79 Å². The molecule has 0 bridgehead atoms. The van der Waals surface area contributed by atoms with Crippen LogP contribution in [-0.4, -0.2) is 70.3 Å². The Morgan fingerprint density at radius 1 is 1.10 bits per heavy atom. The molecule has 156 valence electrons. The quantitative estimate of drug-likeness (QED) is 0.443. The van der Waals surface area contributed by atoms with Crippen molar-refractivity contribution in [2.75, 3.05) is 38.5 Å². The Morgan fingerprint density at radius 2 is 1.83 bits per heavy atom. The lowest BCUT2D eigenvalue weighted by Crippen LogP contribution is -2.51. The van der Waals surface area contributed by atoms with E-state index in [1.807, 2.05) is 18.2 Å². The lowest BCUT2D eigenvalue weighted by atomic mass is 10.2. The normalized spacial score (nSPS) is 14.2. The number of benzene rings is 1. The number of hydrogen-bond acceptors (Lipinski definition) is 7. The Balaban J connectivity index is 1.39. The molecule has 1 aliphatic heterocycles. The van der Waals surface area contributed by atoms with Crippen LogP contribution in [0.25, 0.3) is 20.7 Å².